The average Bonchev–Trinajstić information content (AvgIpc) is 2.13. The molecule has 0 aliphatic heterocycles. The van der Waals surface area contributed by atoms with Crippen LogP contribution >= 0.6 is 15.9 Å². The Morgan fingerprint density at radius 1 is 1.25 bits per heavy atom. The fourth-order valence-electron chi connectivity index (χ4n) is 1.14. The van der Waals surface area contributed by atoms with E-state index in [4.69, 9.17) is 0 Å². The van der Waals surface area contributed by atoms with Crippen molar-refractivity contribution in [2.75, 3.05) is 0 Å². The maximum Gasteiger partial charge on any atom is 0.176 e. The summed E-state index contributed by atoms with van der Waals surface area (Å²) in [6, 6.07) is 0.645. The van der Waals surface area contributed by atoms with Crippen molar-refractivity contribution >= 4 is 27.5 Å². The maximum atomic E-state index is 13.2. The van der Waals surface area contributed by atoms with E-state index in [9.17, 15) is 22.8 Å². The van der Waals surface area contributed by atoms with Gasteiger partial charge < -0.3 is 0 Å². The summed E-state index contributed by atoms with van der Waals surface area (Å²) in [6.07, 6.45) is -0.658. The molecule has 0 aromatic heterocycles. The van der Waals surface area contributed by atoms with E-state index in [-0.39, 0.29) is 0 Å². The molecule has 1 aromatic rings. The number of Topliss-reactive ketones (excluding diaryl/α,β-unsaturated/α-hetero) is 2. The van der Waals surface area contributed by atoms with E-state index in [1.807, 2.05) is 0 Å². The number of hydrogen-bond acceptors (Lipinski definition) is 2. The first kappa shape index (κ1) is 12.9. The summed E-state index contributed by atoms with van der Waals surface area (Å²) >= 11 is 2.60. The average molecular weight is 295 g/mol. The molecule has 0 saturated heterocycles. The third kappa shape index (κ3) is 2.49. The SMILES string of the molecule is CC(=O)CC(=O)c1c(F)cc(Br)c(F)c1F. The van der Waals surface area contributed by atoms with Gasteiger partial charge in [-0.3, -0.25) is 9.59 Å². The van der Waals surface area contributed by atoms with Crippen molar-refractivity contribution in [1.29, 1.82) is 0 Å². The van der Waals surface area contributed by atoms with Gasteiger partial charge in [-0.2, -0.15) is 0 Å². The second-order valence-electron chi connectivity index (χ2n) is 3.15. The highest BCUT2D eigenvalue weighted by atomic mass is 79.9. The zero-order chi connectivity index (χ0) is 12.5. The Balaban J connectivity index is 3.29. The Morgan fingerprint density at radius 3 is 2.31 bits per heavy atom. The largest absolute Gasteiger partial charge is 0.300 e. The van der Waals surface area contributed by atoms with E-state index in [0.29, 0.717) is 6.07 Å². The minimum atomic E-state index is -1.59. The van der Waals surface area contributed by atoms with Gasteiger partial charge in [0, 0.05) is 0 Å². The van der Waals surface area contributed by atoms with E-state index in [1.165, 1.54) is 0 Å². The number of carbonyl (C=O) groups excluding carboxylic acids is 2. The highest BCUT2D eigenvalue weighted by Gasteiger charge is 2.23. The molecule has 1 rings (SSSR count). The van der Waals surface area contributed by atoms with Gasteiger partial charge >= 0.3 is 0 Å². The van der Waals surface area contributed by atoms with Crippen LogP contribution in [-0.4, -0.2) is 11.6 Å². The molecule has 0 spiro atoms. The standard InChI is InChI=1S/C10H6BrF3O2/c1-4(15)2-7(16)8-6(12)3-5(11)9(13)10(8)14/h3H,2H2,1H3. The molecule has 0 atom stereocenters. The molecule has 0 bridgehead atoms. The summed E-state index contributed by atoms with van der Waals surface area (Å²) in [5, 5.41) is 0. The molecule has 0 heterocycles. The minimum absolute atomic E-state index is 0.415. The van der Waals surface area contributed by atoms with E-state index in [2.05, 4.69) is 15.9 Å². The van der Waals surface area contributed by atoms with Crippen molar-refractivity contribution in [3.05, 3.63) is 33.6 Å². The Hall–Kier alpha value is -1.17. The first-order chi connectivity index (χ1) is 7.34. The Bertz CT molecular complexity index is 472. The van der Waals surface area contributed by atoms with Gasteiger partial charge in [0.05, 0.1) is 16.5 Å². The maximum absolute atomic E-state index is 13.2. The number of benzene rings is 1. The molecule has 86 valence electrons. The van der Waals surface area contributed by atoms with Crippen LogP contribution in [0.4, 0.5) is 13.2 Å². The van der Waals surface area contributed by atoms with Crippen LogP contribution in [0.3, 0.4) is 0 Å². The van der Waals surface area contributed by atoms with Gasteiger partial charge in [0.2, 0.25) is 0 Å². The zero-order valence-electron chi connectivity index (χ0n) is 8.11. The van der Waals surface area contributed by atoms with Crippen LogP contribution in [-0.2, 0) is 4.79 Å². The van der Waals surface area contributed by atoms with E-state index in [0.717, 1.165) is 6.92 Å². The fraction of sp³-hybridized carbons (Fsp3) is 0.200. The molecular weight excluding hydrogens is 289 g/mol. The van der Waals surface area contributed by atoms with E-state index >= 15 is 0 Å². The molecule has 0 radical (unpaired) electrons. The van der Waals surface area contributed by atoms with Gasteiger partial charge in [0.15, 0.2) is 17.4 Å². The highest BCUT2D eigenvalue weighted by Crippen LogP contribution is 2.25. The van der Waals surface area contributed by atoms with Crippen molar-refractivity contribution in [3.63, 3.8) is 0 Å². The van der Waals surface area contributed by atoms with Crippen molar-refractivity contribution in [1.82, 2.24) is 0 Å². The number of rotatable bonds is 3. The molecule has 0 aliphatic carbocycles. The van der Waals surface area contributed by atoms with Crippen LogP contribution in [0.2, 0.25) is 0 Å². The summed E-state index contributed by atoms with van der Waals surface area (Å²) in [5.41, 5.74) is -1.02. The third-order valence-corrected chi connectivity index (χ3v) is 2.38. The van der Waals surface area contributed by atoms with Gasteiger partial charge in [-0.25, -0.2) is 13.2 Å². The molecule has 2 nitrogen and oxygen atoms in total. The van der Waals surface area contributed by atoms with Crippen LogP contribution in [0.5, 0.6) is 0 Å². The van der Waals surface area contributed by atoms with Crippen LogP contribution < -0.4 is 0 Å². The molecule has 0 N–H and O–H groups in total. The summed E-state index contributed by atoms with van der Waals surface area (Å²) in [7, 11) is 0. The van der Waals surface area contributed by atoms with Gasteiger partial charge in [-0.05, 0) is 28.9 Å². The van der Waals surface area contributed by atoms with Crippen molar-refractivity contribution < 1.29 is 22.8 Å². The molecule has 6 heteroatoms. The molecule has 1 aromatic carbocycles. The summed E-state index contributed by atoms with van der Waals surface area (Å²) < 4.78 is 39.1. The molecule has 0 fully saturated rings. The summed E-state index contributed by atoms with van der Waals surface area (Å²) in [4.78, 5) is 21.9. The number of carbonyl (C=O) groups is 2. The van der Waals surface area contributed by atoms with Gasteiger partial charge in [-0.15, -0.1) is 0 Å². The second-order valence-corrected chi connectivity index (χ2v) is 4.00. The lowest BCUT2D eigenvalue weighted by molar-refractivity contribution is -0.116. The first-order valence-corrected chi connectivity index (χ1v) is 4.99. The molecular formula is C10H6BrF3O2. The van der Waals surface area contributed by atoms with E-state index in [1.54, 1.807) is 0 Å². The van der Waals surface area contributed by atoms with Gasteiger partial charge in [-0.1, -0.05) is 0 Å². The fourth-order valence-corrected chi connectivity index (χ4v) is 1.51. The highest BCUT2D eigenvalue weighted by molar-refractivity contribution is 9.10. The summed E-state index contributed by atoms with van der Waals surface area (Å²) in [5.74, 6) is -5.76. The van der Waals surface area contributed by atoms with Crippen molar-refractivity contribution in [2.45, 2.75) is 13.3 Å². The van der Waals surface area contributed by atoms with Crippen molar-refractivity contribution in [2.24, 2.45) is 0 Å². The normalized spacial score (nSPS) is 10.3. The van der Waals surface area contributed by atoms with Crippen LogP contribution in [0.15, 0.2) is 10.5 Å². The number of hydrogen-bond donors (Lipinski definition) is 0. The predicted octanol–water partition coefficient (Wildman–Crippen LogP) is 3.03. The zero-order valence-corrected chi connectivity index (χ0v) is 9.70. The number of halogens is 4. The smallest absolute Gasteiger partial charge is 0.176 e. The Morgan fingerprint density at radius 2 is 1.81 bits per heavy atom. The summed E-state index contributed by atoms with van der Waals surface area (Å²) in [6.45, 7) is 1.10. The number of ketones is 2. The predicted molar refractivity (Wildman–Crippen MR) is 53.6 cm³/mol. The molecule has 0 amide bonds. The Kier molecular flexibility index (Phi) is 3.85. The molecule has 0 saturated carbocycles. The van der Waals surface area contributed by atoms with Crippen LogP contribution in [0.25, 0.3) is 0 Å². The second kappa shape index (κ2) is 4.78. The quantitative estimate of drug-likeness (QED) is 0.372. The first-order valence-electron chi connectivity index (χ1n) is 4.20. The molecule has 16 heavy (non-hydrogen) atoms. The monoisotopic (exact) mass is 294 g/mol. The van der Waals surface area contributed by atoms with Crippen LogP contribution in [0.1, 0.15) is 23.7 Å². The minimum Gasteiger partial charge on any atom is -0.300 e. The lowest BCUT2D eigenvalue weighted by atomic mass is 10.1. The van der Waals surface area contributed by atoms with Gasteiger partial charge in [0.25, 0.3) is 0 Å². The Labute approximate surface area is 97.6 Å². The lowest BCUT2D eigenvalue weighted by Gasteiger charge is -2.05. The lowest BCUT2D eigenvalue weighted by Crippen LogP contribution is -2.11. The van der Waals surface area contributed by atoms with Gasteiger partial charge in [0.1, 0.15) is 11.6 Å². The third-order valence-electron chi connectivity index (χ3n) is 1.80. The molecule has 0 unspecified atom stereocenters. The topological polar surface area (TPSA) is 34.1 Å². The van der Waals surface area contributed by atoms with Crippen LogP contribution in [0, 0.1) is 17.5 Å². The van der Waals surface area contributed by atoms with E-state index < -0.39 is 45.5 Å². The van der Waals surface area contributed by atoms with Crippen molar-refractivity contribution in [3.8, 4) is 0 Å². The molecule has 0 aliphatic rings.